The van der Waals surface area contributed by atoms with Gasteiger partial charge in [-0.15, -0.1) is 11.6 Å². The van der Waals surface area contributed by atoms with Gasteiger partial charge in [-0.05, 0) is 98.3 Å². The topological polar surface area (TPSA) is 3.24 Å². The summed E-state index contributed by atoms with van der Waals surface area (Å²) in [5.41, 5.74) is 1.11. The molecule has 6 aliphatic rings. The third-order valence-electron chi connectivity index (χ3n) is 9.84. The van der Waals surface area contributed by atoms with E-state index in [-0.39, 0.29) is 4.87 Å². The third kappa shape index (κ3) is 2.29. The molecular weight excluding hydrogens is 314 g/mol. The zero-order valence-electron chi connectivity index (χ0n) is 16.0. The van der Waals surface area contributed by atoms with Crippen LogP contribution in [0.5, 0.6) is 0 Å². The molecule has 6 fully saturated rings. The number of likely N-dealkylation sites (tertiary alicyclic amines) is 1. The van der Waals surface area contributed by atoms with Crippen LogP contribution in [-0.2, 0) is 0 Å². The summed E-state index contributed by atoms with van der Waals surface area (Å²) in [5.74, 6) is 4.82. The van der Waals surface area contributed by atoms with Crippen molar-refractivity contribution in [3.63, 3.8) is 0 Å². The van der Waals surface area contributed by atoms with Crippen LogP contribution in [-0.4, -0.2) is 29.4 Å². The van der Waals surface area contributed by atoms with Crippen LogP contribution in [0.4, 0.5) is 0 Å². The summed E-state index contributed by atoms with van der Waals surface area (Å²) in [4.78, 5) is 3.07. The molecule has 1 saturated heterocycles. The Hall–Kier alpha value is 0.250. The lowest BCUT2D eigenvalue weighted by Crippen LogP contribution is -2.54. The van der Waals surface area contributed by atoms with Gasteiger partial charge < -0.3 is 4.90 Å². The lowest BCUT2D eigenvalue weighted by atomic mass is 9.51. The lowest BCUT2D eigenvalue weighted by molar-refractivity contribution is -0.0465. The van der Waals surface area contributed by atoms with Gasteiger partial charge >= 0.3 is 0 Å². The van der Waals surface area contributed by atoms with E-state index in [2.05, 4.69) is 25.7 Å². The van der Waals surface area contributed by atoms with Gasteiger partial charge in [-0.2, -0.15) is 0 Å². The van der Waals surface area contributed by atoms with E-state index in [1.54, 1.807) is 0 Å². The van der Waals surface area contributed by atoms with Crippen molar-refractivity contribution >= 4 is 11.6 Å². The van der Waals surface area contributed by atoms with Gasteiger partial charge in [0.25, 0.3) is 0 Å². The van der Waals surface area contributed by atoms with Gasteiger partial charge in [0.2, 0.25) is 0 Å². The van der Waals surface area contributed by atoms with Gasteiger partial charge in [0.15, 0.2) is 0 Å². The number of fused-ring (bicyclic) bond motifs is 2. The zero-order valence-corrected chi connectivity index (χ0v) is 16.7. The molecular formula is C22H36ClN. The molecule has 0 aromatic carbocycles. The highest BCUT2D eigenvalue weighted by Crippen LogP contribution is 2.62. The van der Waals surface area contributed by atoms with Crippen LogP contribution in [0.1, 0.15) is 72.1 Å². The molecule has 1 aliphatic heterocycles. The van der Waals surface area contributed by atoms with Crippen LogP contribution >= 0.6 is 11.6 Å². The molecule has 136 valence electrons. The number of nitrogens with zero attached hydrogens (tertiary/aromatic N) is 1. The highest BCUT2D eigenvalue weighted by atomic mass is 35.5. The molecule has 0 spiro atoms. The summed E-state index contributed by atoms with van der Waals surface area (Å²) in [6.07, 6.45) is 11.4. The molecule has 6 rings (SSSR count). The SMILES string of the molecule is CC1(C)C2CC[C@]1(C)CN(CCC1C3CC4CC1CC(Cl)(C4)C3)C2. The van der Waals surface area contributed by atoms with Gasteiger partial charge in [-0.1, -0.05) is 20.8 Å². The first-order chi connectivity index (χ1) is 11.3. The highest BCUT2D eigenvalue weighted by molar-refractivity contribution is 6.24. The summed E-state index contributed by atoms with van der Waals surface area (Å²) in [6, 6.07) is 0. The first kappa shape index (κ1) is 16.4. The van der Waals surface area contributed by atoms with Gasteiger partial charge in [-0.3, -0.25) is 0 Å². The molecule has 3 unspecified atom stereocenters. The van der Waals surface area contributed by atoms with Crippen molar-refractivity contribution in [3.8, 4) is 0 Å². The van der Waals surface area contributed by atoms with Crippen molar-refractivity contribution < 1.29 is 0 Å². The normalized spacial score (nSPS) is 55.2. The first-order valence-electron chi connectivity index (χ1n) is 10.7. The lowest BCUT2D eigenvalue weighted by Gasteiger charge is -2.58. The van der Waals surface area contributed by atoms with E-state index >= 15 is 0 Å². The summed E-state index contributed by atoms with van der Waals surface area (Å²) in [7, 11) is 0. The average Bonchev–Trinajstić information content (AvgIpc) is 2.61. The maximum absolute atomic E-state index is 6.93. The molecule has 2 heteroatoms. The maximum atomic E-state index is 6.93. The van der Waals surface area contributed by atoms with Crippen molar-refractivity contribution in [3.05, 3.63) is 0 Å². The summed E-state index contributed by atoms with van der Waals surface area (Å²) >= 11 is 6.93. The minimum absolute atomic E-state index is 0.217. The largest absolute Gasteiger partial charge is 0.302 e. The fourth-order valence-electron chi connectivity index (χ4n) is 8.14. The molecule has 0 radical (unpaired) electrons. The molecule has 0 N–H and O–H groups in total. The summed E-state index contributed by atoms with van der Waals surface area (Å²) < 4.78 is 0. The van der Waals surface area contributed by atoms with E-state index in [0.717, 1.165) is 29.6 Å². The number of rotatable bonds is 3. The molecule has 1 nitrogen and oxygen atoms in total. The Balaban J connectivity index is 1.24. The van der Waals surface area contributed by atoms with Crippen molar-refractivity contribution in [2.75, 3.05) is 19.6 Å². The van der Waals surface area contributed by atoms with Gasteiger partial charge in [0.1, 0.15) is 0 Å². The number of piperidine rings is 1. The summed E-state index contributed by atoms with van der Waals surface area (Å²) in [6.45, 7) is 11.7. The van der Waals surface area contributed by atoms with Crippen LogP contribution in [0.25, 0.3) is 0 Å². The first-order valence-corrected chi connectivity index (χ1v) is 11.1. The van der Waals surface area contributed by atoms with Crippen LogP contribution in [0.2, 0.25) is 0 Å². The molecule has 0 aromatic heterocycles. The standard InChI is InChI=1S/C22H36ClN/c1-20(2)18-4-6-21(20,3)14-24(13-18)7-5-19-16-8-15-9-17(19)12-22(23,10-15)11-16/h15-19H,4-14H2,1-3H3/t15?,16?,17?,18?,19?,21-,22?/m1/s1. The summed E-state index contributed by atoms with van der Waals surface area (Å²) in [5, 5.41) is 0. The number of halogens is 1. The second kappa shape index (κ2) is 5.16. The Kier molecular flexibility index (Phi) is 3.53. The molecule has 0 amide bonds. The van der Waals surface area contributed by atoms with E-state index in [1.807, 2.05) is 0 Å². The average molecular weight is 350 g/mol. The Morgan fingerprint density at radius 1 is 1.04 bits per heavy atom. The minimum Gasteiger partial charge on any atom is -0.302 e. The Morgan fingerprint density at radius 2 is 1.75 bits per heavy atom. The smallest absolute Gasteiger partial charge is 0.0455 e. The minimum atomic E-state index is 0.217. The van der Waals surface area contributed by atoms with E-state index in [9.17, 15) is 0 Å². The highest BCUT2D eigenvalue weighted by Gasteiger charge is 2.56. The Labute approximate surface area is 153 Å². The van der Waals surface area contributed by atoms with Crippen LogP contribution in [0.15, 0.2) is 0 Å². The Morgan fingerprint density at radius 3 is 2.38 bits per heavy atom. The third-order valence-corrected chi connectivity index (χ3v) is 10.3. The van der Waals surface area contributed by atoms with E-state index < -0.39 is 0 Å². The van der Waals surface area contributed by atoms with E-state index in [4.69, 9.17) is 11.6 Å². The molecule has 5 aliphatic carbocycles. The van der Waals surface area contributed by atoms with Gasteiger partial charge in [-0.25, -0.2) is 0 Å². The molecule has 0 aromatic rings. The fourth-order valence-corrected chi connectivity index (χ4v) is 8.76. The molecule has 4 atom stereocenters. The van der Waals surface area contributed by atoms with Crippen LogP contribution in [0, 0.1) is 40.4 Å². The molecule has 1 heterocycles. The van der Waals surface area contributed by atoms with E-state index in [1.165, 1.54) is 71.0 Å². The maximum Gasteiger partial charge on any atom is 0.0455 e. The molecule has 5 saturated carbocycles. The van der Waals surface area contributed by atoms with Gasteiger partial charge in [0, 0.05) is 18.0 Å². The van der Waals surface area contributed by atoms with Gasteiger partial charge in [0.05, 0.1) is 0 Å². The van der Waals surface area contributed by atoms with Crippen molar-refractivity contribution in [1.29, 1.82) is 0 Å². The van der Waals surface area contributed by atoms with E-state index in [0.29, 0.717) is 10.8 Å². The van der Waals surface area contributed by atoms with Crippen molar-refractivity contribution in [2.24, 2.45) is 40.4 Å². The molecule has 6 bridgehead atoms. The van der Waals surface area contributed by atoms with Crippen LogP contribution in [0.3, 0.4) is 0 Å². The quantitative estimate of drug-likeness (QED) is 0.602. The molecule has 24 heavy (non-hydrogen) atoms. The number of hydrogen-bond donors (Lipinski definition) is 0. The van der Waals surface area contributed by atoms with Crippen molar-refractivity contribution in [1.82, 2.24) is 4.90 Å². The number of alkyl halides is 1. The predicted molar refractivity (Wildman–Crippen MR) is 101 cm³/mol. The van der Waals surface area contributed by atoms with Crippen molar-refractivity contribution in [2.45, 2.75) is 77.0 Å². The second-order valence-electron chi connectivity index (χ2n) is 11.3. The second-order valence-corrected chi connectivity index (χ2v) is 12.1. The fraction of sp³-hybridized carbons (Fsp3) is 1.00. The Bertz CT molecular complexity index is 512. The van der Waals surface area contributed by atoms with Crippen LogP contribution < -0.4 is 0 Å². The predicted octanol–water partition coefficient (Wildman–Crippen LogP) is 5.57. The zero-order chi connectivity index (χ0) is 16.7. The number of hydrogen-bond acceptors (Lipinski definition) is 1. The monoisotopic (exact) mass is 349 g/mol.